The molecule has 0 aliphatic rings. The summed E-state index contributed by atoms with van der Waals surface area (Å²) in [6.45, 7) is 5.44. The van der Waals surface area contributed by atoms with Crippen molar-refractivity contribution >= 4 is 22.7 Å². The van der Waals surface area contributed by atoms with E-state index in [0.29, 0.717) is 6.04 Å². The highest BCUT2D eigenvalue weighted by Crippen LogP contribution is 2.24. The number of nitrogens with one attached hydrogen (secondary N) is 1. The Labute approximate surface area is 120 Å². The topological polar surface area (TPSA) is 17.0 Å². The Bertz CT molecular complexity index is 506. The van der Waals surface area contributed by atoms with Crippen LogP contribution in [0.15, 0.2) is 24.3 Å². The van der Waals surface area contributed by atoms with Gasteiger partial charge in [0.15, 0.2) is 0 Å². The van der Waals surface area contributed by atoms with Crippen molar-refractivity contribution in [1.29, 1.82) is 0 Å². The van der Waals surface area contributed by atoms with Crippen LogP contribution in [0.1, 0.15) is 24.6 Å². The molecule has 0 fully saturated rings. The summed E-state index contributed by atoms with van der Waals surface area (Å²) in [7, 11) is 2.17. The molecule has 0 amide bonds. The maximum absolute atomic E-state index is 3.69. The van der Waals surface area contributed by atoms with Gasteiger partial charge in [0.1, 0.15) is 0 Å². The monoisotopic (exact) mass is 276 g/mol. The molecule has 0 saturated heterocycles. The molecule has 1 aromatic carbocycles. The molecule has 2 nitrogen and oxygen atoms in total. The van der Waals surface area contributed by atoms with Gasteiger partial charge in [-0.05, 0) is 31.2 Å². The van der Waals surface area contributed by atoms with E-state index in [1.807, 2.05) is 11.8 Å². The van der Waals surface area contributed by atoms with Gasteiger partial charge >= 0.3 is 0 Å². The highest BCUT2D eigenvalue weighted by molar-refractivity contribution is 7.98. The van der Waals surface area contributed by atoms with Crippen LogP contribution in [0, 0.1) is 6.92 Å². The number of nitrogens with zero attached hydrogens (tertiary/aromatic N) is 1. The Morgan fingerprint density at radius 3 is 2.68 bits per heavy atom. The second-order valence-electron chi connectivity index (χ2n) is 5.09. The van der Waals surface area contributed by atoms with Crippen LogP contribution in [0.25, 0.3) is 10.9 Å². The number of hydrogen-bond acceptors (Lipinski definition) is 2. The lowest BCUT2D eigenvalue weighted by atomic mass is 10.1. The summed E-state index contributed by atoms with van der Waals surface area (Å²) in [6.07, 6.45) is 3.36. The molecular weight excluding hydrogens is 252 g/mol. The van der Waals surface area contributed by atoms with Gasteiger partial charge in [0.05, 0.1) is 0 Å². The van der Waals surface area contributed by atoms with Crippen LogP contribution in [0.4, 0.5) is 0 Å². The molecule has 1 heterocycles. The summed E-state index contributed by atoms with van der Waals surface area (Å²) >= 11 is 1.91. The number of thioether (sulfide) groups is 1. The molecule has 0 spiro atoms. The van der Waals surface area contributed by atoms with Crippen molar-refractivity contribution in [3.63, 3.8) is 0 Å². The van der Waals surface area contributed by atoms with E-state index in [1.54, 1.807) is 0 Å². The predicted molar refractivity (Wildman–Crippen MR) is 87.0 cm³/mol. The number of rotatable bonds is 6. The molecule has 19 heavy (non-hydrogen) atoms. The lowest BCUT2D eigenvalue weighted by Gasteiger charge is -2.16. The highest BCUT2D eigenvalue weighted by atomic mass is 32.2. The Hall–Kier alpha value is -0.930. The van der Waals surface area contributed by atoms with Crippen LogP contribution in [-0.4, -0.2) is 22.6 Å². The predicted octanol–water partition coefficient (Wildman–Crippen LogP) is 3.72. The van der Waals surface area contributed by atoms with Gasteiger partial charge in [-0.2, -0.15) is 11.8 Å². The Morgan fingerprint density at radius 2 is 2.05 bits per heavy atom. The molecule has 2 aromatic rings. The average Bonchev–Trinajstić information content (AvgIpc) is 2.68. The SMILES string of the molecule is CCC(CSC)NCc1c(C)c2ccccc2n1C. The van der Waals surface area contributed by atoms with Gasteiger partial charge in [0.2, 0.25) is 0 Å². The van der Waals surface area contributed by atoms with Crippen molar-refractivity contribution in [2.24, 2.45) is 7.05 Å². The first-order chi connectivity index (χ1) is 9.19. The van der Waals surface area contributed by atoms with Gasteiger partial charge < -0.3 is 9.88 Å². The van der Waals surface area contributed by atoms with Gasteiger partial charge in [-0.3, -0.25) is 0 Å². The van der Waals surface area contributed by atoms with Gasteiger partial charge in [-0.1, -0.05) is 25.1 Å². The van der Waals surface area contributed by atoms with E-state index >= 15 is 0 Å². The van der Waals surface area contributed by atoms with Crippen LogP contribution in [0.3, 0.4) is 0 Å². The lowest BCUT2D eigenvalue weighted by molar-refractivity contribution is 0.529. The summed E-state index contributed by atoms with van der Waals surface area (Å²) < 4.78 is 2.32. The van der Waals surface area contributed by atoms with Crippen molar-refractivity contribution in [3.8, 4) is 0 Å². The summed E-state index contributed by atoms with van der Waals surface area (Å²) in [5.74, 6) is 1.18. The van der Waals surface area contributed by atoms with Crippen LogP contribution in [0.2, 0.25) is 0 Å². The van der Waals surface area contributed by atoms with Crippen LogP contribution in [0.5, 0.6) is 0 Å². The van der Waals surface area contributed by atoms with Gasteiger partial charge in [0, 0.05) is 42.0 Å². The van der Waals surface area contributed by atoms with Crippen molar-refractivity contribution in [1.82, 2.24) is 9.88 Å². The Kier molecular flexibility index (Phi) is 4.94. The third kappa shape index (κ3) is 2.98. The third-order valence-corrected chi connectivity index (χ3v) is 4.66. The molecule has 1 N–H and O–H groups in total. The molecule has 1 unspecified atom stereocenters. The molecule has 0 aliphatic heterocycles. The standard InChI is InChI=1S/C16H24N2S/c1-5-13(11-19-4)17-10-16-12(2)14-8-6-7-9-15(14)18(16)3/h6-9,13,17H,5,10-11H2,1-4H3. The van der Waals surface area contributed by atoms with E-state index in [-0.39, 0.29) is 0 Å². The summed E-state index contributed by atoms with van der Waals surface area (Å²) in [5, 5.41) is 5.06. The molecule has 0 bridgehead atoms. The third-order valence-electron chi connectivity index (χ3n) is 3.93. The fourth-order valence-electron chi connectivity index (χ4n) is 2.65. The maximum atomic E-state index is 3.69. The van der Waals surface area contributed by atoms with E-state index in [2.05, 4.69) is 61.3 Å². The van der Waals surface area contributed by atoms with Crippen molar-refractivity contribution in [2.45, 2.75) is 32.9 Å². The van der Waals surface area contributed by atoms with E-state index in [0.717, 1.165) is 6.54 Å². The summed E-state index contributed by atoms with van der Waals surface area (Å²) in [4.78, 5) is 0. The van der Waals surface area contributed by atoms with Crippen LogP contribution in [-0.2, 0) is 13.6 Å². The molecular formula is C16H24N2S. The minimum atomic E-state index is 0.604. The zero-order valence-corrected chi connectivity index (χ0v) is 13.2. The highest BCUT2D eigenvalue weighted by Gasteiger charge is 2.12. The number of para-hydroxylation sites is 1. The lowest BCUT2D eigenvalue weighted by Crippen LogP contribution is -2.31. The number of benzene rings is 1. The zero-order valence-electron chi connectivity index (χ0n) is 12.4. The summed E-state index contributed by atoms with van der Waals surface area (Å²) in [6, 6.07) is 9.25. The van der Waals surface area contributed by atoms with E-state index in [1.165, 1.54) is 34.3 Å². The molecule has 3 heteroatoms. The minimum Gasteiger partial charge on any atom is -0.346 e. The molecule has 1 aromatic heterocycles. The first kappa shape index (κ1) is 14.5. The van der Waals surface area contributed by atoms with Gasteiger partial charge in [0.25, 0.3) is 0 Å². The quantitative estimate of drug-likeness (QED) is 0.866. The fourth-order valence-corrected chi connectivity index (χ4v) is 3.41. The molecule has 0 aliphatic carbocycles. The largest absolute Gasteiger partial charge is 0.346 e. The zero-order chi connectivity index (χ0) is 13.8. The Balaban J connectivity index is 2.21. The second-order valence-corrected chi connectivity index (χ2v) is 6.00. The van der Waals surface area contributed by atoms with E-state index < -0.39 is 0 Å². The summed E-state index contributed by atoms with van der Waals surface area (Å²) in [5.41, 5.74) is 4.14. The molecule has 104 valence electrons. The van der Waals surface area contributed by atoms with Crippen LogP contribution < -0.4 is 5.32 Å². The Morgan fingerprint density at radius 1 is 1.32 bits per heavy atom. The van der Waals surface area contributed by atoms with Gasteiger partial charge in [-0.25, -0.2) is 0 Å². The molecule has 1 atom stereocenters. The first-order valence-corrected chi connectivity index (χ1v) is 8.33. The second kappa shape index (κ2) is 6.49. The number of hydrogen-bond donors (Lipinski definition) is 1. The van der Waals surface area contributed by atoms with Crippen molar-refractivity contribution in [3.05, 3.63) is 35.5 Å². The van der Waals surface area contributed by atoms with Crippen molar-refractivity contribution < 1.29 is 0 Å². The smallest absolute Gasteiger partial charge is 0.0483 e. The van der Waals surface area contributed by atoms with Crippen molar-refractivity contribution in [2.75, 3.05) is 12.0 Å². The normalized spacial score (nSPS) is 13.1. The molecule has 0 radical (unpaired) electrons. The van der Waals surface area contributed by atoms with E-state index in [4.69, 9.17) is 0 Å². The maximum Gasteiger partial charge on any atom is 0.0483 e. The number of aryl methyl sites for hydroxylation is 2. The average molecular weight is 276 g/mol. The first-order valence-electron chi connectivity index (χ1n) is 6.94. The number of fused-ring (bicyclic) bond motifs is 1. The fraction of sp³-hybridized carbons (Fsp3) is 0.500. The van der Waals surface area contributed by atoms with E-state index in [9.17, 15) is 0 Å². The number of aromatic nitrogens is 1. The molecule has 0 saturated carbocycles. The van der Waals surface area contributed by atoms with Crippen LogP contribution >= 0.6 is 11.8 Å². The minimum absolute atomic E-state index is 0.604. The van der Waals surface area contributed by atoms with Gasteiger partial charge in [-0.15, -0.1) is 0 Å². The molecule has 2 rings (SSSR count).